The first-order valence-electron chi connectivity index (χ1n) is 8.99. The van der Waals surface area contributed by atoms with E-state index in [2.05, 4.69) is 63.6 Å². The SMILES string of the molecule is C=C(/C=C(\C)CN1CC=C(c2ccc(C#N)cc2C#N)CC1)/C(Br)=C\C=NC. The second-order valence-corrected chi connectivity index (χ2v) is 7.49. The first kappa shape index (κ1) is 21.6. The highest BCUT2D eigenvalue weighted by atomic mass is 79.9. The lowest BCUT2D eigenvalue weighted by Gasteiger charge is -2.27. The van der Waals surface area contributed by atoms with Gasteiger partial charge in [-0.1, -0.05) is 46.3 Å². The molecule has 2 rings (SSSR count). The average molecular weight is 435 g/mol. The van der Waals surface area contributed by atoms with Crippen LogP contribution in [0.5, 0.6) is 0 Å². The van der Waals surface area contributed by atoms with Crippen LogP contribution in [0.1, 0.15) is 30.0 Å². The molecule has 0 aliphatic carbocycles. The Bertz CT molecular complexity index is 952. The first-order valence-corrected chi connectivity index (χ1v) is 9.78. The summed E-state index contributed by atoms with van der Waals surface area (Å²) in [7, 11) is 1.73. The third-order valence-electron chi connectivity index (χ3n) is 4.48. The molecule has 28 heavy (non-hydrogen) atoms. The van der Waals surface area contributed by atoms with Crippen molar-refractivity contribution in [3.63, 3.8) is 0 Å². The van der Waals surface area contributed by atoms with E-state index in [4.69, 9.17) is 5.26 Å². The van der Waals surface area contributed by atoms with Crippen LogP contribution in [0.3, 0.4) is 0 Å². The van der Waals surface area contributed by atoms with Gasteiger partial charge in [-0.25, -0.2) is 0 Å². The Labute approximate surface area is 175 Å². The van der Waals surface area contributed by atoms with Gasteiger partial charge in [0, 0.05) is 37.4 Å². The van der Waals surface area contributed by atoms with E-state index in [1.165, 1.54) is 11.1 Å². The second-order valence-electron chi connectivity index (χ2n) is 6.64. The maximum atomic E-state index is 9.39. The molecule has 0 saturated carbocycles. The standard InChI is InChI=1S/C23H23BrN4/c1-17(12-18(2)23(24)6-9-27-3)16-28-10-7-20(8-11-28)22-5-4-19(14-25)13-21(22)15-26/h4-7,9,12-13H,2,8,10-11,16H2,1,3H3/b17-12+,23-6+,27-9?. The molecule has 4 nitrogen and oxygen atoms in total. The van der Waals surface area contributed by atoms with Crippen molar-refractivity contribution in [2.24, 2.45) is 4.99 Å². The summed E-state index contributed by atoms with van der Waals surface area (Å²) in [5.74, 6) is 0. The van der Waals surface area contributed by atoms with Crippen LogP contribution in [-0.4, -0.2) is 37.8 Å². The van der Waals surface area contributed by atoms with Gasteiger partial charge in [-0.3, -0.25) is 9.89 Å². The Balaban J connectivity index is 2.04. The minimum atomic E-state index is 0.518. The maximum Gasteiger partial charge on any atom is 0.0998 e. The lowest BCUT2D eigenvalue weighted by molar-refractivity contribution is 0.327. The third kappa shape index (κ3) is 5.89. The zero-order valence-corrected chi connectivity index (χ0v) is 17.8. The number of halogens is 1. The predicted molar refractivity (Wildman–Crippen MR) is 119 cm³/mol. The summed E-state index contributed by atoms with van der Waals surface area (Å²) in [5, 5.41) is 18.4. The molecule has 0 spiro atoms. The van der Waals surface area contributed by atoms with Crippen molar-refractivity contribution in [1.29, 1.82) is 10.5 Å². The van der Waals surface area contributed by atoms with Gasteiger partial charge in [0.1, 0.15) is 0 Å². The zero-order valence-electron chi connectivity index (χ0n) is 16.2. The largest absolute Gasteiger partial charge is 0.296 e. The molecule has 1 aliphatic rings. The number of benzene rings is 1. The van der Waals surface area contributed by atoms with Crippen LogP contribution in [0.15, 0.2) is 63.6 Å². The van der Waals surface area contributed by atoms with E-state index in [1.54, 1.807) is 25.4 Å². The minimum Gasteiger partial charge on any atom is -0.296 e. The summed E-state index contributed by atoms with van der Waals surface area (Å²) in [6, 6.07) is 9.63. The highest BCUT2D eigenvalue weighted by molar-refractivity contribution is 9.12. The van der Waals surface area contributed by atoms with Crippen LogP contribution in [0.4, 0.5) is 0 Å². The Morgan fingerprint density at radius 2 is 2.14 bits per heavy atom. The molecule has 0 bridgehead atoms. The van der Waals surface area contributed by atoms with Crippen LogP contribution in [0, 0.1) is 22.7 Å². The van der Waals surface area contributed by atoms with Gasteiger partial charge in [0.2, 0.25) is 0 Å². The molecule has 0 N–H and O–H groups in total. The monoisotopic (exact) mass is 434 g/mol. The Hall–Kier alpha value is -2.73. The van der Waals surface area contributed by atoms with Gasteiger partial charge < -0.3 is 0 Å². The minimum absolute atomic E-state index is 0.518. The van der Waals surface area contributed by atoms with E-state index < -0.39 is 0 Å². The molecule has 0 fully saturated rings. The molecule has 1 aromatic carbocycles. The number of nitriles is 2. The third-order valence-corrected chi connectivity index (χ3v) is 5.25. The Morgan fingerprint density at radius 3 is 2.75 bits per heavy atom. The van der Waals surface area contributed by atoms with Gasteiger partial charge in [0.05, 0.1) is 23.3 Å². The van der Waals surface area contributed by atoms with Crippen molar-refractivity contribution in [2.75, 3.05) is 26.7 Å². The summed E-state index contributed by atoms with van der Waals surface area (Å²) >= 11 is 3.51. The van der Waals surface area contributed by atoms with E-state index in [9.17, 15) is 5.26 Å². The fourth-order valence-corrected chi connectivity index (χ4v) is 3.33. The maximum absolute atomic E-state index is 9.39. The van der Waals surface area contributed by atoms with Crippen molar-refractivity contribution in [2.45, 2.75) is 13.3 Å². The van der Waals surface area contributed by atoms with Crippen molar-refractivity contribution in [3.8, 4) is 12.1 Å². The number of aliphatic imine (C=N–C) groups is 1. The van der Waals surface area contributed by atoms with Crippen LogP contribution in [-0.2, 0) is 0 Å². The Kier molecular flexibility index (Phi) is 8.14. The van der Waals surface area contributed by atoms with E-state index in [-0.39, 0.29) is 0 Å². The fourth-order valence-electron chi connectivity index (χ4n) is 3.10. The molecule has 0 saturated heterocycles. The topological polar surface area (TPSA) is 63.2 Å². The van der Waals surface area contributed by atoms with E-state index in [1.807, 2.05) is 12.1 Å². The summed E-state index contributed by atoms with van der Waals surface area (Å²) < 4.78 is 0.920. The van der Waals surface area contributed by atoms with Crippen molar-refractivity contribution < 1.29 is 0 Å². The lowest BCUT2D eigenvalue weighted by Crippen LogP contribution is -2.30. The molecule has 1 heterocycles. The lowest BCUT2D eigenvalue weighted by atomic mass is 9.94. The highest BCUT2D eigenvalue weighted by Gasteiger charge is 2.16. The molecule has 0 atom stereocenters. The summed E-state index contributed by atoms with van der Waals surface area (Å²) in [6.45, 7) is 8.81. The van der Waals surface area contributed by atoms with Gasteiger partial charge in [0.15, 0.2) is 0 Å². The molecule has 0 amide bonds. The van der Waals surface area contributed by atoms with Crippen LogP contribution >= 0.6 is 15.9 Å². The number of nitrogens with zero attached hydrogens (tertiary/aromatic N) is 4. The van der Waals surface area contributed by atoms with Gasteiger partial charge in [0.25, 0.3) is 0 Å². The molecule has 1 aliphatic heterocycles. The van der Waals surface area contributed by atoms with Gasteiger partial charge in [-0.2, -0.15) is 10.5 Å². The quantitative estimate of drug-likeness (QED) is 0.467. The summed E-state index contributed by atoms with van der Waals surface area (Å²) in [5.41, 5.74) is 5.35. The van der Waals surface area contributed by atoms with Gasteiger partial charge in [-0.15, -0.1) is 0 Å². The molecular weight excluding hydrogens is 412 g/mol. The van der Waals surface area contributed by atoms with E-state index >= 15 is 0 Å². The van der Waals surface area contributed by atoms with Crippen molar-refractivity contribution >= 4 is 27.7 Å². The Morgan fingerprint density at radius 1 is 1.36 bits per heavy atom. The molecule has 0 radical (unpaired) electrons. The molecule has 0 aromatic heterocycles. The van der Waals surface area contributed by atoms with Crippen molar-refractivity contribution in [1.82, 2.24) is 4.90 Å². The molecule has 5 heteroatoms. The number of allylic oxidation sites excluding steroid dienone is 4. The van der Waals surface area contributed by atoms with E-state index in [0.29, 0.717) is 11.1 Å². The van der Waals surface area contributed by atoms with E-state index in [0.717, 1.165) is 41.7 Å². The summed E-state index contributed by atoms with van der Waals surface area (Å²) in [4.78, 5) is 6.31. The number of hydrogen-bond acceptors (Lipinski definition) is 4. The van der Waals surface area contributed by atoms with Gasteiger partial charge in [-0.05, 0) is 48.3 Å². The van der Waals surface area contributed by atoms with Crippen molar-refractivity contribution in [3.05, 3.63) is 75.3 Å². The van der Waals surface area contributed by atoms with Crippen LogP contribution in [0.2, 0.25) is 0 Å². The number of rotatable bonds is 6. The smallest absolute Gasteiger partial charge is 0.0998 e. The second kappa shape index (κ2) is 10.6. The average Bonchev–Trinajstić information content (AvgIpc) is 2.71. The molecule has 0 unspecified atom stereocenters. The molecule has 142 valence electrons. The normalized spacial score (nSPS) is 15.8. The zero-order chi connectivity index (χ0) is 20.5. The fraction of sp³-hybridized carbons (Fsp3) is 0.261. The molecule has 1 aromatic rings. The summed E-state index contributed by atoms with van der Waals surface area (Å²) in [6.07, 6.45) is 8.75. The molecular formula is C23H23BrN4. The predicted octanol–water partition coefficient (Wildman–Crippen LogP) is 5.00. The van der Waals surface area contributed by atoms with Crippen LogP contribution in [0.25, 0.3) is 5.57 Å². The first-order chi connectivity index (χ1) is 13.5. The number of hydrogen-bond donors (Lipinski definition) is 0. The highest BCUT2D eigenvalue weighted by Crippen LogP contribution is 2.26. The van der Waals surface area contributed by atoms with Gasteiger partial charge >= 0.3 is 0 Å². The van der Waals surface area contributed by atoms with Crippen LogP contribution < -0.4 is 0 Å².